The van der Waals surface area contributed by atoms with E-state index in [1.807, 2.05) is 72.2 Å². The van der Waals surface area contributed by atoms with Gasteiger partial charge in [-0.3, -0.25) is 4.99 Å². The Morgan fingerprint density at radius 2 is 1.30 bits per heavy atom. The first-order chi connectivity index (χ1) is 10.6. The van der Waals surface area contributed by atoms with E-state index in [1.165, 1.54) is 0 Å². The predicted octanol–water partition coefficient (Wildman–Crippen LogP) is 2.75. The molecule has 0 N–H and O–H groups in total. The zero-order valence-corrected chi connectivity index (χ0v) is 17.2. The van der Waals surface area contributed by atoms with Gasteiger partial charge in [0, 0.05) is 58.7 Å². The average molecular weight is 344 g/mol. The maximum absolute atomic E-state index is 5.67. The molecule has 0 bridgehead atoms. The first kappa shape index (κ1) is 21.4. The van der Waals surface area contributed by atoms with E-state index < -0.39 is 8.56 Å². The van der Waals surface area contributed by atoms with Crippen LogP contribution in [0.15, 0.2) is 15.3 Å². The lowest BCUT2D eigenvalue weighted by Gasteiger charge is -2.23. The van der Waals surface area contributed by atoms with Crippen LogP contribution in [-0.4, -0.2) is 70.5 Å². The summed E-state index contributed by atoms with van der Waals surface area (Å²) in [6.45, 7) is 10.3. The minimum absolute atomic E-state index is 0.713. The molecule has 134 valence electrons. The first-order valence-corrected chi connectivity index (χ1v) is 10.4. The van der Waals surface area contributed by atoms with E-state index in [9.17, 15) is 0 Å². The number of hydrogen-bond donors (Lipinski definition) is 0. The SMILES string of the molecule is CC(C)=NO[Si](C)(CCCN=C(N(C)C)N(C)C)ON=C(C)C. The molecule has 0 unspecified atom stereocenters. The van der Waals surface area contributed by atoms with E-state index in [1.54, 1.807) is 0 Å². The van der Waals surface area contributed by atoms with Crippen molar-refractivity contribution >= 4 is 25.9 Å². The molecule has 0 spiro atoms. The van der Waals surface area contributed by atoms with E-state index in [0.717, 1.165) is 29.8 Å². The first-order valence-electron chi connectivity index (χ1n) is 7.85. The van der Waals surface area contributed by atoms with Crippen molar-refractivity contribution in [1.82, 2.24) is 9.80 Å². The molecule has 0 aliphatic heterocycles. The summed E-state index contributed by atoms with van der Waals surface area (Å²) < 4.78 is 11.3. The Kier molecular flexibility index (Phi) is 9.55. The molecule has 0 aliphatic carbocycles. The van der Waals surface area contributed by atoms with Crippen molar-refractivity contribution in [3.05, 3.63) is 0 Å². The quantitative estimate of drug-likeness (QED) is 0.223. The van der Waals surface area contributed by atoms with Crippen LogP contribution in [0.3, 0.4) is 0 Å². The number of oxime groups is 2. The molecular weight excluding hydrogens is 310 g/mol. The molecule has 0 amide bonds. The van der Waals surface area contributed by atoms with Crippen LogP contribution in [0.2, 0.25) is 12.6 Å². The maximum Gasteiger partial charge on any atom is 0.506 e. The van der Waals surface area contributed by atoms with Gasteiger partial charge in [-0.15, -0.1) is 10.3 Å². The zero-order valence-electron chi connectivity index (χ0n) is 16.2. The number of rotatable bonds is 8. The van der Waals surface area contributed by atoms with Crippen LogP contribution in [0.25, 0.3) is 0 Å². The fourth-order valence-corrected chi connectivity index (χ4v) is 3.51. The molecule has 0 fully saturated rings. The fraction of sp³-hybridized carbons (Fsp3) is 0.800. The fourth-order valence-electron chi connectivity index (χ4n) is 1.75. The van der Waals surface area contributed by atoms with Gasteiger partial charge in [0.05, 0.1) is 0 Å². The number of nitrogens with zero attached hydrogens (tertiary/aromatic N) is 5. The Morgan fingerprint density at radius 1 is 0.870 bits per heavy atom. The largest absolute Gasteiger partial charge is 0.506 e. The van der Waals surface area contributed by atoms with Gasteiger partial charge in [-0.25, -0.2) is 0 Å². The van der Waals surface area contributed by atoms with Crippen LogP contribution in [-0.2, 0) is 9.05 Å². The second kappa shape index (κ2) is 10.2. The molecule has 0 saturated heterocycles. The maximum atomic E-state index is 5.67. The van der Waals surface area contributed by atoms with Crippen molar-refractivity contribution < 1.29 is 9.05 Å². The van der Waals surface area contributed by atoms with Crippen LogP contribution in [0.5, 0.6) is 0 Å². The van der Waals surface area contributed by atoms with Gasteiger partial charge in [0.2, 0.25) is 0 Å². The van der Waals surface area contributed by atoms with Crippen LogP contribution in [0.4, 0.5) is 0 Å². The molecule has 0 aromatic rings. The van der Waals surface area contributed by atoms with Crippen LogP contribution >= 0.6 is 0 Å². The monoisotopic (exact) mass is 343 g/mol. The molecule has 0 atom stereocenters. The van der Waals surface area contributed by atoms with E-state index >= 15 is 0 Å². The Labute approximate surface area is 142 Å². The second-order valence-corrected chi connectivity index (χ2v) is 9.60. The second-order valence-electron chi connectivity index (χ2n) is 6.47. The van der Waals surface area contributed by atoms with Crippen LogP contribution < -0.4 is 0 Å². The van der Waals surface area contributed by atoms with Crippen molar-refractivity contribution in [2.24, 2.45) is 15.3 Å². The Morgan fingerprint density at radius 3 is 1.65 bits per heavy atom. The molecule has 0 aromatic carbocycles. The van der Waals surface area contributed by atoms with Gasteiger partial charge in [-0.05, 0) is 34.1 Å². The minimum Gasteiger partial charge on any atom is -0.408 e. The van der Waals surface area contributed by atoms with E-state index in [2.05, 4.69) is 15.3 Å². The lowest BCUT2D eigenvalue weighted by atomic mass is 10.5. The summed E-state index contributed by atoms with van der Waals surface area (Å²) in [5, 5.41) is 8.15. The highest BCUT2D eigenvalue weighted by molar-refractivity contribution is 6.65. The molecule has 0 aromatic heterocycles. The highest BCUT2D eigenvalue weighted by Crippen LogP contribution is 2.17. The summed E-state index contributed by atoms with van der Waals surface area (Å²) in [4.78, 5) is 8.62. The van der Waals surface area contributed by atoms with E-state index in [0.29, 0.717) is 6.54 Å². The Balaban J connectivity index is 4.75. The van der Waals surface area contributed by atoms with E-state index in [-0.39, 0.29) is 0 Å². The topological polar surface area (TPSA) is 62.0 Å². The minimum atomic E-state index is -2.47. The zero-order chi connectivity index (χ0) is 18.0. The van der Waals surface area contributed by atoms with Crippen molar-refractivity contribution in [1.29, 1.82) is 0 Å². The third kappa shape index (κ3) is 9.93. The molecule has 0 saturated carbocycles. The van der Waals surface area contributed by atoms with Crippen molar-refractivity contribution in [3.8, 4) is 0 Å². The average Bonchev–Trinajstić information content (AvgIpc) is 2.42. The molecule has 0 rings (SSSR count). The van der Waals surface area contributed by atoms with Gasteiger partial charge >= 0.3 is 8.56 Å². The summed E-state index contributed by atoms with van der Waals surface area (Å²) in [7, 11) is 5.48. The molecule has 0 aliphatic rings. The Bertz CT molecular complexity index is 409. The van der Waals surface area contributed by atoms with Gasteiger partial charge in [0.25, 0.3) is 0 Å². The highest BCUT2D eigenvalue weighted by atomic mass is 28.4. The summed E-state index contributed by atoms with van der Waals surface area (Å²) in [6, 6.07) is 0.776. The smallest absolute Gasteiger partial charge is 0.408 e. The third-order valence-electron chi connectivity index (χ3n) is 2.68. The van der Waals surface area contributed by atoms with Crippen LogP contribution in [0.1, 0.15) is 34.1 Å². The predicted molar refractivity (Wildman–Crippen MR) is 100 cm³/mol. The van der Waals surface area contributed by atoms with Crippen molar-refractivity contribution in [2.75, 3.05) is 34.7 Å². The lowest BCUT2D eigenvalue weighted by molar-refractivity contribution is 0.185. The summed E-state index contributed by atoms with van der Waals surface area (Å²) in [5.74, 6) is 0.944. The van der Waals surface area contributed by atoms with Crippen molar-refractivity contribution in [2.45, 2.75) is 46.7 Å². The number of hydrogen-bond acceptors (Lipinski definition) is 5. The summed E-state index contributed by atoms with van der Waals surface area (Å²) in [5.41, 5.74) is 1.73. The van der Waals surface area contributed by atoms with Crippen LogP contribution in [0, 0.1) is 0 Å². The van der Waals surface area contributed by atoms with Gasteiger partial charge in [-0.1, -0.05) is 0 Å². The van der Waals surface area contributed by atoms with Crippen molar-refractivity contribution in [3.63, 3.8) is 0 Å². The van der Waals surface area contributed by atoms with Gasteiger partial charge in [0.15, 0.2) is 5.96 Å². The van der Waals surface area contributed by atoms with E-state index in [4.69, 9.17) is 9.05 Å². The molecule has 8 heteroatoms. The highest BCUT2D eigenvalue weighted by Gasteiger charge is 2.36. The molecule has 7 nitrogen and oxygen atoms in total. The van der Waals surface area contributed by atoms with Gasteiger partial charge < -0.3 is 18.9 Å². The molecule has 0 heterocycles. The molecule has 23 heavy (non-hydrogen) atoms. The number of aliphatic imine (C=N–C) groups is 1. The number of guanidine groups is 1. The third-order valence-corrected chi connectivity index (χ3v) is 4.90. The molecule has 0 radical (unpaired) electrons. The Hall–Kier alpha value is -1.57. The summed E-state index contributed by atoms with van der Waals surface area (Å²) >= 11 is 0. The standard InChI is InChI=1S/C15H33N5O2Si/c1-13(2)17-21-23(9,22-18-14(3)4)12-10-11-16-15(19(5)6)20(7)8/h10-12H2,1-9H3. The lowest BCUT2D eigenvalue weighted by Crippen LogP contribution is -2.37. The normalized spacial score (nSPS) is 10.5. The van der Waals surface area contributed by atoms with Gasteiger partial charge in [-0.2, -0.15) is 0 Å². The summed E-state index contributed by atoms with van der Waals surface area (Å²) in [6.07, 6.45) is 0.866. The molecular formula is C15H33N5O2Si. The van der Waals surface area contributed by atoms with Gasteiger partial charge in [0.1, 0.15) is 0 Å².